The smallest absolute Gasteiger partial charge is 0.408 e. The maximum atomic E-state index is 12.1. The Morgan fingerprint density at radius 2 is 1.80 bits per heavy atom. The number of carbonyl (C=O) groups is 3. The van der Waals surface area contributed by atoms with Crippen LogP contribution in [0.3, 0.4) is 0 Å². The molecule has 0 spiro atoms. The van der Waals surface area contributed by atoms with E-state index in [0.29, 0.717) is 25.9 Å². The SMILES string of the molecule is C=CC[C@@](CC1CCN(C(=O)O)CC1)(NC(=O)OC(C)(C)C)C(=O)O. The predicted octanol–water partition coefficient (Wildman–Crippen LogP) is 2.69. The number of carboxylic acids is 1. The summed E-state index contributed by atoms with van der Waals surface area (Å²) in [6.07, 6.45) is 1.04. The van der Waals surface area contributed by atoms with Crippen molar-refractivity contribution in [2.45, 2.75) is 57.6 Å². The summed E-state index contributed by atoms with van der Waals surface area (Å²) in [5.74, 6) is -1.17. The van der Waals surface area contributed by atoms with Crippen molar-refractivity contribution in [3.05, 3.63) is 12.7 Å². The van der Waals surface area contributed by atoms with E-state index in [9.17, 15) is 19.5 Å². The quantitative estimate of drug-likeness (QED) is 0.630. The lowest BCUT2D eigenvalue weighted by Gasteiger charge is -2.37. The second kappa shape index (κ2) is 8.22. The zero-order valence-corrected chi connectivity index (χ0v) is 15.1. The highest BCUT2D eigenvalue weighted by atomic mass is 16.6. The molecule has 142 valence electrons. The van der Waals surface area contributed by atoms with Crippen LogP contribution in [0.5, 0.6) is 0 Å². The van der Waals surface area contributed by atoms with E-state index in [-0.39, 0.29) is 18.8 Å². The number of hydrogen-bond acceptors (Lipinski definition) is 4. The molecule has 1 heterocycles. The molecule has 0 aromatic rings. The van der Waals surface area contributed by atoms with Gasteiger partial charge < -0.3 is 25.2 Å². The third-order valence-electron chi connectivity index (χ3n) is 4.16. The molecule has 1 aliphatic rings. The van der Waals surface area contributed by atoms with Crippen LogP contribution < -0.4 is 5.32 Å². The number of hydrogen-bond donors (Lipinski definition) is 3. The summed E-state index contributed by atoms with van der Waals surface area (Å²) in [4.78, 5) is 36.3. The highest BCUT2D eigenvalue weighted by Crippen LogP contribution is 2.30. The van der Waals surface area contributed by atoms with Crippen LogP contribution in [0.2, 0.25) is 0 Å². The fourth-order valence-corrected chi connectivity index (χ4v) is 2.98. The van der Waals surface area contributed by atoms with Crippen molar-refractivity contribution in [3.63, 3.8) is 0 Å². The van der Waals surface area contributed by atoms with E-state index in [0.717, 1.165) is 0 Å². The first kappa shape index (κ1) is 20.8. The van der Waals surface area contributed by atoms with Crippen LogP contribution in [-0.2, 0) is 9.53 Å². The summed E-state index contributed by atoms with van der Waals surface area (Å²) in [5, 5.41) is 21.3. The number of nitrogens with zero attached hydrogens (tertiary/aromatic N) is 1. The Kier molecular flexibility index (Phi) is 6.84. The molecule has 1 fully saturated rings. The molecule has 0 aromatic heterocycles. The van der Waals surface area contributed by atoms with Crippen molar-refractivity contribution >= 4 is 18.2 Å². The largest absolute Gasteiger partial charge is 0.479 e. The lowest BCUT2D eigenvalue weighted by molar-refractivity contribution is -0.145. The monoisotopic (exact) mass is 356 g/mol. The first-order chi connectivity index (χ1) is 11.5. The molecule has 1 aliphatic heterocycles. The Morgan fingerprint density at radius 1 is 1.24 bits per heavy atom. The molecular formula is C17H28N2O6. The van der Waals surface area contributed by atoms with Gasteiger partial charge in [0.15, 0.2) is 0 Å². The standard InChI is InChI=1S/C17H28N2O6/c1-5-8-17(13(20)21,18-14(22)25-16(2,3)4)11-12-6-9-19(10-7-12)15(23)24/h5,12H,1,6-11H2,2-4H3,(H,18,22)(H,20,21)(H,23,24)/t17-/m0/s1. The van der Waals surface area contributed by atoms with Crippen LogP contribution in [0.1, 0.15) is 46.5 Å². The second-order valence-corrected chi connectivity index (χ2v) is 7.42. The highest BCUT2D eigenvalue weighted by Gasteiger charge is 2.42. The maximum absolute atomic E-state index is 12.1. The number of alkyl carbamates (subject to hydrolysis) is 1. The number of piperidine rings is 1. The lowest BCUT2D eigenvalue weighted by atomic mass is 9.80. The first-order valence-electron chi connectivity index (χ1n) is 8.32. The summed E-state index contributed by atoms with van der Waals surface area (Å²) in [7, 11) is 0. The Bertz CT molecular complexity index is 520. The predicted molar refractivity (Wildman–Crippen MR) is 91.5 cm³/mol. The summed E-state index contributed by atoms with van der Waals surface area (Å²) in [6, 6.07) is 0. The molecule has 1 saturated heterocycles. The van der Waals surface area contributed by atoms with Gasteiger partial charge in [-0.1, -0.05) is 6.08 Å². The van der Waals surface area contributed by atoms with Crippen LogP contribution in [0, 0.1) is 5.92 Å². The number of carbonyl (C=O) groups excluding carboxylic acids is 1. The topological polar surface area (TPSA) is 116 Å². The van der Waals surface area contributed by atoms with Gasteiger partial charge in [-0.05, 0) is 52.4 Å². The van der Waals surface area contributed by atoms with Crippen molar-refractivity contribution in [2.24, 2.45) is 5.92 Å². The van der Waals surface area contributed by atoms with Gasteiger partial charge in [0.1, 0.15) is 11.1 Å². The number of likely N-dealkylation sites (tertiary alicyclic amines) is 1. The van der Waals surface area contributed by atoms with E-state index in [1.54, 1.807) is 20.8 Å². The normalized spacial score (nSPS) is 18.1. The molecule has 0 aliphatic carbocycles. The number of rotatable bonds is 6. The third-order valence-corrected chi connectivity index (χ3v) is 4.16. The minimum absolute atomic E-state index is 0.0124. The summed E-state index contributed by atoms with van der Waals surface area (Å²) >= 11 is 0. The number of nitrogens with one attached hydrogen (secondary N) is 1. The Balaban J connectivity index is 2.85. The van der Waals surface area contributed by atoms with E-state index in [1.807, 2.05) is 0 Å². The van der Waals surface area contributed by atoms with Crippen LogP contribution in [0.25, 0.3) is 0 Å². The molecule has 0 bridgehead atoms. The van der Waals surface area contributed by atoms with E-state index < -0.39 is 29.3 Å². The Morgan fingerprint density at radius 3 is 2.20 bits per heavy atom. The Hall–Kier alpha value is -2.25. The summed E-state index contributed by atoms with van der Waals surface area (Å²) in [6.45, 7) is 9.41. The van der Waals surface area contributed by atoms with Crippen molar-refractivity contribution in [2.75, 3.05) is 13.1 Å². The Labute approximate surface area is 147 Å². The van der Waals surface area contributed by atoms with E-state index in [1.165, 1.54) is 11.0 Å². The average molecular weight is 356 g/mol. The van der Waals surface area contributed by atoms with Gasteiger partial charge in [-0.2, -0.15) is 0 Å². The van der Waals surface area contributed by atoms with Crippen LogP contribution in [-0.4, -0.2) is 57.5 Å². The maximum Gasteiger partial charge on any atom is 0.408 e. The van der Waals surface area contributed by atoms with Crippen molar-refractivity contribution in [1.29, 1.82) is 0 Å². The number of carboxylic acid groups (broad SMARTS) is 2. The zero-order chi connectivity index (χ0) is 19.3. The minimum Gasteiger partial charge on any atom is -0.479 e. The molecule has 8 nitrogen and oxygen atoms in total. The van der Waals surface area contributed by atoms with Gasteiger partial charge in [0.2, 0.25) is 0 Å². The summed E-state index contributed by atoms with van der Waals surface area (Å²) in [5.41, 5.74) is -2.25. The van der Waals surface area contributed by atoms with Gasteiger partial charge in [0.25, 0.3) is 0 Å². The van der Waals surface area contributed by atoms with Crippen LogP contribution in [0.15, 0.2) is 12.7 Å². The minimum atomic E-state index is -1.51. The molecule has 3 N–H and O–H groups in total. The van der Waals surface area contributed by atoms with Gasteiger partial charge in [0, 0.05) is 13.1 Å². The first-order valence-corrected chi connectivity index (χ1v) is 8.32. The molecule has 0 aromatic carbocycles. The average Bonchev–Trinajstić information content (AvgIpc) is 2.45. The molecule has 8 heteroatoms. The zero-order valence-electron chi connectivity index (χ0n) is 15.1. The molecular weight excluding hydrogens is 328 g/mol. The molecule has 1 atom stereocenters. The van der Waals surface area contributed by atoms with Gasteiger partial charge in [-0.15, -0.1) is 6.58 Å². The van der Waals surface area contributed by atoms with Gasteiger partial charge in [-0.3, -0.25) is 0 Å². The fraction of sp³-hybridized carbons (Fsp3) is 0.706. The second-order valence-electron chi connectivity index (χ2n) is 7.42. The van der Waals surface area contributed by atoms with Gasteiger partial charge >= 0.3 is 18.2 Å². The molecule has 0 radical (unpaired) electrons. The van der Waals surface area contributed by atoms with Crippen molar-refractivity contribution in [3.8, 4) is 0 Å². The molecule has 1 rings (SSSR count). The number of amides is 2. The molecule has 0 unspecified atom stereocenters. The van der Waals surface area contributed by atoms with E-state index in [2.05, 4.69) is 11.9 Å². The van der Waals surface area contributed by atoms with Gasteiger partial charge in [-0.25, -0.2) is 14.4 Å². The number of aliphatic carboxylic acids is 1. The fourth-order valence-electron chi connectivity index (χ4n) is 2.98. The van der Waals surface area contributed by atoms with E-state index >= 15 is 0 Å². The lowest BCUT2D eigenvalue weighted by Crippen LogP contribution is -2.56. The molecule has 25 heavy (non-hydrogen) atoms. The van der Waals surface area contributed by atoms with Gasteiger partial charge in [0.05, 0.1) is 0 Å². The molecule has 2 amide bonds. The van der Waals surface area contributed by atoms with E-state index in [4.69, 9.17) is 9.84 Å². The van der Waals surface area contributed by atoms with Crippen molar-refractivity contribution < 1.29 is 29.3 Å². The van der Waals surface area contributed by atoms with Crippen molar-refractivity contribution in [1.82, 2.24) is 10.2 Å². The van der Waals surface area contributed by atoms with Crippen LogP contribution >= 0.6 is 0 Å². The van der Waals surface area contributed by atoms with Crippen LogP contribution in [0.4, 0.5) is 9.59 Å². The summed E-state index contributed by atoms with van der Waals surface area (Å²) < 4.78 is 5.19. The highest BCUT2D eigenvalue weighted by molar-refractivity contribution is 5.84. The number of ether oxygens (including phenoxy) is 1. The third kappa shape index (κ3) is 6.28. The molecule has 0 saturated carbocycles.